The first-order valence-corrected chi connectivity index (χ1v) is 3.92. The molecule has 0 aromatic carbocycles. The molecule has 1 atom stereocenters. The maximum absolute atomic E-state index is 8.70. The highest BCUT2D eigenvalue weighted by molar-refractivity contribution is 4.95. The molecular weight excluding hydrogens is 156 g/mol. The highest BCUT2D eigenvalue weighted by atomic mass is 16.3. The highest BCUT2D eigenvalue weighted by Crippen LogP contribution is 2.13. The van der Waals surface area contributed by atoms with Gasteiger partial charge in [0.25, 0.3) is 0 Å². The van der Waals surface area contributed by atoms with E-state index in [0.29, 0.717) is 17.6 Å². The summed E-state index contributed by atoms with van der Waals surface area (Å²) in [5.41, 5.74) is 5.78. The van der Waals surface area contributed by atoms with Crippen LogP contribution in [0.3, 0.4) is 0 Å². The molecule has 0 saturated carbocycles. The Morgan fingerprint density at radius 1 is 1.58 bits per heavy atom. The first-order chi connectivity index (χ1) is 5.65. The van der Waals surface area contributed by atoms with Crippen molar-refractivity contribution in [3.05, 3.63) is 11.6 Å². The van der Waals surface area contributed by atoms with E-state index in [-0.39, 0.29) is 12.6 Å². The lowest BCUT2D eigenvalue weighted by molar-refractivity contribution is 0.271. The van der Waals surface area contributed by atoms with E-state index in [1.54, 1.807) is 0 Å². The van der Waals surface area contributed by atoms with Crippen LogP contribution in [-0.2, 0) is 6.61 Å². The van der Waals surface area contributed by atoms with Gasteiger partial charge in [-0.3, -0.25) is 5.10 Å². The zero-order valence-electron chi connectivity index (χ0n) is 7.28. The number of aromatic amines is 1. The van der Waals surface area contributed by atoms with Crippen molar-refractivity contribution < 1.29 is 5.11 Å². The minimum atomic E-state index is -0.165. The second-order valence-electron chi connectivity index (χ2n) is 3.07. The smallest absolute Gasteiger partial charge is 0.167 e. The van der Waals surface area contributed by atoms with Crippen LogP contribution >= 0.6 is 0 Å². The molecule has 0 radical (unpaired) electrons. The van der Waals surface area contributed by atoms with Crippen LogP contribution < -0.4 is 5.73 Å². The van der Waals surface area contributed by atoms with E-state index in [4.69, 9.17) is 10.8 Å². The van der Waals surface area contributed by atoms with Crippen LogP contribution in [0.25, 0.3) is 0 Å². The molecule has 12 heavy (non-hydrogen) atoms. The summed E-state index contributed by atoms with van der Waals surface area (Å²) >= 11 is 0. The number of nitrogens with zero attached hydrogens (tertiary/aromatic N) is 2. The maximum atomic E-state index is 8.70. The van der Waals surface area contributed by atoms with E-state index in [0.717, 1.165) is 0 Å². The number of hydrogen-bond acceptors (Lipinski definition) is 4. The molecule has 5 heteroatoms. The number of H-pyrrole nitrogens is 1. The second-order valence-corrected chi connectivity index (χ2v) is 3.07. The molecule has 0 aliphatic heterocycles. The van der Waals surface area contributed by atoms with E-state index in [9.17, 15) is 0 Å². The van der Waals surface area contributed by atoms with Gasteiger partial charge in [0, 0.05) is 0 Å². The molecule has 1 aromatic heterocycles. The van der Waals surface area contributed by atoms with Crippen molar-refractivity contribution in [2.45, 2.75) is 26.5 Å². The molecule has 0 bridgehead atoms. The lowest BCUT2D eigenvalue weighted by atomic mass is 10.1. The van der Waals surface area contributed by atoms with Crippen molar-refractivity contribution >= 4 is 0 Å². The summed E-state index contributed by atoms with van der Waals surface area (Å²) in [5, 5.41) is 15.2. The third-order valence-electron chi connectivity index (χ3n) is 1.72. The molecule has 0 aliphatic carbocycles. The van der Waals surface area contributed by atoms with Crippen molar-refractivity contribution in [3.63, 3.8) is 0 Å². The van der Waals surface area contributed by atoms with Crippen molar-refractivity contribution in [2.24, 2.45) is 11.7 Å². The summed E-state index contributed by atoms with van der Waals surface area (Å²) in [6.45, 7) is 3.87. The normalized spacial score (nSPS) is 13.8. The van der Waals surface area contributed by atoms with Crippen LogP contribution in [0.1, 0.15) is 31.5 Å². The van der Waals surface area contributed by atoms with Gasteiger partial charge in [0.2, 0.25) is 0 Å². The Morgan fingerprint density at radius 2 is 2.25 bits per heavy atom. The zero-order valence-corrected chi connectivity index (χ0v) is 7.28. The Balaban J connectivity index is 2.74. The molecule has 4 N–H and O–H groups in total. The van der Waals surface area contributed by atoms with Crippen LogP contribution in [0.5, 0.6) is 0 Å². The summed E-state index contributed by atoms with van der Waals surface area (Å²) in [7, 11) is 0. The van der Waals surface area contributed by atoms with Gasteiger partial charge in [0.05, 0.1) is 6.04 Å². The molecule has 0 spiro atoms. The Morgan fingerprint density at radius 3 is 2.67 bits per heavy atom. The van der Waals surface area contributed by atoms with Crippen molar-refractivity contribution in [2.75, 3.05) is 0 Å². The van der Waals surface area contributed by atoms with E-state index in [1.807, 2.05) is 13.8 Å². The van der Waals surface area contributed by atoms with Gasteiger partial charge in [-0.1, -0.05) is 13.8 Å². The minimum absolute atomic E-state index is 0.127. The van der Waals surface area contributed by atoms with E-state index in [2.05, 4.69) is 15.2 Å². The number of aromatic nitrogens is 3. The molecule has 0 saturated heterocycles. The SMILES string of the molecule is CC(C)[C@H](N)c1n[nH]c(CO)n1. The lowest BCUT2D eigenvalue weighted by Gasteiger charge is -2.10. The summed E-state index contributed by atoms with van der Waals surface area (Å²) in [4.78, 5) is 4.01. The van der Waals surface area contributed by atoms with Crippen LogP contribution in [0.4, 0.5) is 0 Å². The van der Waals surface area contributed by atoms with Crippen LogP contribution in [0.2, 0.25) is 0 Å². The van der Waals surface area contributed by atoms with Gasteiger partial charge in [-0.2, -0.15) is 5.10 Å². The summed E-state index contributed by atoms with van der Waals surface area (Å²) < 4.78 is 0. The fourth-order valence-corrected chi connectivity index (χ4v) is 0.828. The predicted molar refractivity (Wildman–Crippen MR) is 44.1 cm³/mol. The standard InChI is InChI=1S/C7H14N4O/c1-4(2)6(8)7-9-5(3-12)10-11-7/h4,6,12H,3,8H2,1-2H3,(H,9,10,11)/t6-/m0/s1. The zero-order chi connectivity index (χ0) is 9.14. The van der Waals surface area contributed by atoms with E-state index < -0.39 is 0 Å². The first kappa shape index (κ1) is 9.15. The Bertz CT molecular complexity index is 245. The van der Waals surface area contributed by atoms with Gasteiger partial charge in [-0.15, -0.1) is 0 Å². The van der Waals surface area contributed by atoms with Gasteiger partial charge in [-0.25, -0.2) is 4.98 Å². The molecule has 68 valence electrons. The van der Waals surface area contributed by atoms with Crippen molar-refractivity contribution in [1.82, 2.24) is 15.2 Å². The quantitative estimate of drug-likeness (QED) is 0.593. The lowest BCUT2D eigenvalue weighted by Crippen LogP contribution is -2.18. The van der Waals surface area contributed by atoms with Crippen LogP contribution in [-0.4, -0.2) is 20.3 Å². The second kappa shape index (κ2) is 3.64. The molecule has 1 rings (SSSR count). The minimum Gasteiger partial charge on any atom is -0.388 e. The van der Waals surface area contributed by atoms with Crippen LogP contribution in [0.15, 0.2) is 0 Å². The van der Waals surface area contributed by atoms with Gasteiger partial charge in [-0.05, 0) is 5.92 Å². The fraction of sp³-hybridized carbons (Fsp3) is 0.714. The third kappa shape index (κ3) is 1.80. The Hall–Kier alpha value is -0.940. The fourth-order valence-electron chi connectivity index (χ4n) is 0.828. The highest BCUT2D eigenvalue weighted by Gasteiger charge is 2.14. The van der Waals surface area contributed by atoms with Gasteiger partial charge in [0.15, 0.2) is 5.82 Å². The molecule has 1 heterocycles. The summed E-state index contributed by atoms with van der Waals surface area (Å²) in [6, 6.07) is -0.165. The topological polar surface area (TPSA) is 87.8 Å². The molecule has 0 unspecified atom stereocenters. The number of rotatable bonds is 3. The number of nitrogens with two attached hydrogens (primary N) is 1. The van der Waals surface area contributed by atoms with Gasteiger partial charge >= 0.3 is 0 Å². The molecule has 0 fully saturated rings. The van der Waals surface area contributed by atoms with E-state index >= 15 is 0 Å². The van der Waals surface area contributed by atoms with Gasteiger partial charge < -0.3 is 10.8 Å². The predicted octanol–water partition coefficient (Wildman–Crippen LogP) is -0.0472. The molecule has 0 amide bonds. The van der Waals surface area contributed by atoms with Crippen molar-refractivity contribution in [3.8, 4) is 0 Å². The number of hydrogen-bond donors (Lipinski definition) is 3. The Labute approximate surface area is 71.0 Å². The monoisotopic (exact) mass is 170 g/mol. The first-order valence-electron chi connectivity index (χ1n) is 3.92. The number of aliphatic hydroxyl groups excluding tert-OH is 1. The van der Waals surface area contributed by atoms with Crippen molar-refractivity contribution in [1.29, 1.82) is 0 Å². The number of aliphatic hydroxyl groups is 1. The van der Waals surface area contributed by atoms with Crippen LogP contribution in [0, 0.1) is 5.92 Å². The van der Waals surface area contributed by atoms with Gasteiger partial charge in [0.1, 0.15) is 12.4 Å². The Kier molecular flexibility index (Phi) is 2.78. The maximum Gasteiger partial charge on any atom is 0.167 e. The molecule has 0 aliphatic rings. The summed E-state index contributed by atoms with van der Waals surface area (Å²) in [6.07, 6.45) is 0. The average Bonchev–Trinajstić information content (AvgIpc) is 2.50. The molecule has 5 nitrogen and oxygen atoms in total. The molecule has 1 aromatic rings. The van der Waals surface area contributed by atoms with E-state index in [1.165, 1.54) is 0 Å². The number of nitrogens with one attached hydrogen (secondary N) is 1. The summed E-state index contributed by atoms with van der Waals surface area (Å²) in [5.74, 6) is 1.32. The third-order valence-corrected chi connectivity index (χ3v) is 1.72. The average molecular weight is 170 g/mol. The molecular formula is C7H14N4O. The largest absolute Gasteiger partial charge is 0.388 e.